The topological polar surface area (TPSA) is 115 Å². The number of aryl methyl sites for hydroxylation is 2. The third-order valence-electron chi connectivity index (χ3n) is 6.06. The van der Waals surface area contributed by atoms with E-state index in [2.05, 4.69) is 4.98 Å². The van der Waals surface area contributed by atoms with Crippen molar-refractivity contribution < 1.29 is 38.1 Å². The number of carbonyl (C=O) groups is 3. The third kappa shape index (κ3) is 4.60. The van der Waals surface area contributed by atoms with Gasteiger partial charge in [-0.15, -0.1) is 0 Å². The first-order valence-electron chi connectivity index (χ1n) is 11.6. The van der Waals surface area contributed by atoms with Gasteiger partial charge in [0.25, 0.3) is 5.78 Å². The number of halogens is 1. The zero-order valence-corrected chi connectivity index (χ0v) is 22.1. The van der Waals surface area contributed by atoms with Gasteiger partial charge in [0.15, 0.2) is 16.6 Å². The summed E-state index contributed by atoms with van der Waals surface area (Å²) < 4.78 is 30.2. The minimum Gasteiger partial charge on any atom is -0.507 e. The number of ether oxygens (including phenoxy) is 3. The maximum atomic E-state index is 14.4. The SMILES string of the molecule is CCOc1ccc(C2/C(=C(/O)c3ccc(C)c(F)c3)C(=O)C(=O)N2c2nc(C)c(C(=O)OC)s2)cc1OC. The van der Waals surface area contributed by atoms with E-state index in [9.17, 15) is 23.9 Å². The van der Waals surface area contributed by atoms with E-state index in [0.717, 1.165) is 22.3 Å². The van der Waals surface area contributed by atoms with Gasteiger partial charge in [0.05, 0.1) is 38.1 Å². The number of methoxy groups -OCH3 is 2. The Morgan fingerprint density at radius 1 is 1.13 bits per heavy atom. The molecule has 1 fully saturated rings. The Labute approximate surface area is 222 Å². The van der Waals surface area contributed by atoms with Crippen molar-refractivity contribution in [1.82, 2.24) is 4.98 Å². The van der Waals surface area contributed by atoms with Crippen LogP contribution in [-0.2, 0) is 14.3 Å². The minimum atomic E-state index is -1.17. The Hall–Kier alpha value is -4.25. The lowest BCUT2D eigenvalue weighted by molar-refractivity contribution is -0.132. The molecule has 1 aliphatic rings. The number of rotatable bonds is 7. The number of nitrogens with zero attached hydrogens (tertiary/aromatic N) is 2. The molecule has 198 valence electrons. The number of ketones is 1. The predicted octanol–water partition coefficient (Wildman–Crippen LogP) is 4.72. The Bertz CT molecular complexity index is 1480. The first kappa shape index (κ1) is 26.8. The monoisotopic (exact) mass is 540 g/mol. The molecule has 1 unspecified atom stereocenters. The summed E-state index contributed by atoms with van der Waals surface area (Å²) in [5.74, 6) is -2.96. The van der Waals surface area contributed by atoms with Crippen molar-refractivity contribution in [2.45, 2.75) is 26.8 Å². The van der Waals surface area contributed by atoms with E-state index >= 15 is 0 Å². The molecule has 0 aliphatic carbocycles. The van der Waals surface area contributed by atoms with Crippen LogP contribution in [0.15, 0.2) is 42.0 Å². The molecule has 3 aromatic rings. The van der Waals surface area contributed by atoms with Crippen LogP contribution in [0.5, 0.6) is 11.5 Å². The summed E-state index contributed by atoms with van der Waals surface area (Å²) in [6, 6.07) is 7.68. The highest BCUT2D eigenvalue weighted by molar-refractivity contribution is 7.17. The molecule has 0 saturated carbocycles. The first-order chi connectivity index (χ1) is 18.1. The summed E-state index contributed by atoms with van der Waals surface area (Å²) in [6.07, 6.45) is 0. The number of benzene rings is 2. The van der Waals surface area contributed by atoms with Gasteiger partial charge in [0, 0.05) is 5.56 Å². The quantitative estimate of drug-likeness (QED) is 0.198. The zero-order chi connectivity index (χ0) is 27.7. The second-order valence-electron chi connectivity index (χ2n) is 8.38. The molecule has 4 rings (SSSR count). The molecular formula is C27H25FN2O7S. The van der Waals surface area contributed by atoms with Crippen molar-refractivity contribution in [3.63, 3.8) is 0 Å². The van der Waals surface area contributed by atoms with Crippen molar-refractivity contribution in [2.75, 3.05) is 25.7 Å². The molecule has 0 bridgehead atoms. The van der Waals surface area contributed by atoms with E-state index in [-0.39, 0.29) is 21.1 Å². The molecule has 1 saturated heterocycles. The summed E-state index contributed by atoms with van der Waals surface area (Å²) >= 11 is 0.876. The molecule has 0 spiro atoms. The number of aromatic nitrogens is 1. The molecule has 2 aromatic carbocycles. The van der Waals surface area contributed by atoms with Gasteiger partial charge < -0.3 is 19.3 Å². The lowest BCUT2D eigenvalue weighted by Gasteiger charge is -2.24. The number of carbonyl (C=O) groups excluding carboxylic acids is 3. The Morgan fingerprint density at radius 2 is 1.87 bits per heavy atom. The number of anilines is 1. The van der Waals surface area contributed by atoms with Gasteiger partial charge in [-0.1, -0.05) is 29.5 Å². The van der Waals surface area contributed by atoms with Gasteiger partial charge in [-0.25, -0.2) is 14.2 Å². The fraction of sp³-hybridized carbons (Fsp3) is 0.259. The smallest absolute Gasteiger partial charge is 0.350 e. The van der Waals surface area contributed by atoms with Gasteiger partial charge in [-0.2, -0.15) is 0 Å². The van der Waals surface area contributed by atoms with Crippen LogP contribution in [-0.4, -0.2) is 48.6 Å². The Kier molecular flexibility index (Phi) is 7.49. The van der Waals surface area contributed by atoms with Crippen molar-refractivity contribution >= 4 is 39.9 Å². The van der Waals surface area contributed by atoms with Crippen LogP contribution >= 0.6 is 11.3 Å². The summed E-state index contributed by atoms with van der Waals surface area (Å²) in [7, 11) is 2.67. The van der Waals surface area contributed by atoms with Gasteiger partial charge in [-0.3, -0.25) is 14.5 Å². The fourth-order valence-corrected chi connectivity index (χ4v) is 5.15. The predicted molar refractivity (Wildman–Crippen MR) is 138 cm³/mol. The largest absolute Gasteiger partial charge is 0.507 e. The lowest BCUT2D eigenvalue weighted by Crippen LogP contribution is -2.29. The standard InChI is InChI=1S/C27H25FN2O7S/c1-6-37-18-10-9-15(12-19(18)35-4)21-20(22(31)16-8-7-13(2)17(28)11-16)23(32)25(33)30(21)27-29-14(3)24(38-27)26(34)36-5/h7-12,21,31H,6H2,1-5H3/b22-20-. The molecule has 9 nitrogen and oxygen atoms in total. The maximum Gasteiger partial charge on any atom is 0.350 e. The van der Waals surface area contributed by atoms with Crippen molar-refractivity contribution in [2.24, 2.45) is 0 Å². The van der Waals surface area contributed by atoms with E-state index in [1.807, 2.05) is 6.92 Å². The molecule has 38 heavy (non-hydrogen) atoms. The second-order valence-corrected chi connectivity index (χ2v) is 9.36. The molecule has 1 aliphatic heterocycles. The van der Waals surface area contributed by atoms with Crippen LogP contribution in [0, 0.1) is 19.7 Å². The maximum absolute atomic E-state index is 14.4. The minimum absolute atomic E-state index is 0.0274. The molecular weight excluding hydrogens is 515 g/mol. The third-order valence-corrected chi connectivity index (χ3v) is 7.19. The first-order valence-corrected chi connectivity index (χ1v) is 12.4. The number of Topliss-reactive ketones (excluding diaryl/α,β-unsaturated/α-hetero) is 1. The summed E-state index contributed by atoms with van der Waals surface area (Å²) in [5, 5.41) is 11.3. The van der Waals surface area contributed by atoms with Crippen molar-refractivity contribution in [1.29, 1.82) is 0 Å². The summed E-state index contributed by atoms with van der Waals surface area (Å²) in [5.41, 5.74) is 0.813. The number of thiazole rings is 1. The molecule has 1 aromatic heterocycles. The lowest BCUT2D eigenvalue weighted by atomic mass is 9.94. The second kappa shape index (κ2) is 10.6. The highest BCUT2D eigenvalue weighted by Crippen LogP contribution is 2.45. The highest BCUT2D eigenvalue weighted by atomic mass is 32.1. The van der Waals surface area contributed by atoms with E-state index in [0.29, 0.717) is 34.9 Å². The average Bonchev–Trinajstić information content (AvgIpc) is 3.41. The van der Waals surface area contributed by atoms with E-state index in [4.69, 9.17) is 14.2 Å². The number of hydrogen-bond donors (Lipinski definition) is 1. The highest BCUT2D eigenvalue weighted by Gasteiger charge is 2.48. The molecule has 2 heterocycles. The van der Waals surface area contributed by atoms with Gasteiger partial charge in [-0.05, 0) is 50.1 Å². The molecule has 1 amide bonds. The van der Waals surface area contributed by atoms with Crippen LogP contribution in [0.3, 0.4) is 0 Å². The number of aliphatic hydroxyl groups is 1. The Balaban J connectivity index is 1.97. The summed E-state index contributed by atoms with van der Waals surface area (Å²) in [4.78, 5) is 44.6. The molecule has 0 radical (unpaired) electrons. The normalized spacial score (nSPS) is 16.6. The van der Waals surface area contributed by atoms with Crippen LogP contribution in [0.4, 0.5) is 9.52 Å². The van der Waals surface area contributed by atoms with E-state index < -0.39 is 35.3 Å². The number of amides is 1. The molecule has 1 atom stereocenters. The van der Waals surface area contributed by atoms with Gasteiger partial charge in [0.1, 0.15) is 16.5 Å². The molecule has 1 N–H and O–H groups in total. The van der Waals surface area contributed by atoms with Crippen LogP contribution in [0.2, 0.25) is 0 Å². The van der Waals surface area contributed by atoms with Gasteiger partial charge in [0.2, 0.25) is 0 Å². The fourth-order valence-electron chi connectivity index (χ4n) is 4.14. The van der Waals surface area contributed by atoms with Crippen LogP contribution < -0.4 is 14.4 Å². The Morgan fingerprint density at radius 3 is 2.50 bits per heavy atom. The molecule has 11 heteroatoms. The van der Waals surface area contributed by atoms with E-state index in [1.165, 1.54) is 26.4 Å². The number of hydrogen-bond acceptors (Lipinski definition) is 9. The summed E-state index contributed by atoms with van der Waals surface area (Å²) in [6.45, 7) is 5.33. The zero-order valence-electron chi connectivity index (χ0n) is 21.3. The van der Waals surface area contributed by atoms with E-state index in [1.54, 1.807) is 32.0 Å². The van der Waals surface area contributed by atoms with Crippen molar-refractivity contribution in [3.05, 3.63) is 75.0 Å². The van der Waals surface area contributed by atoms with Crippen LogP contribution in [0.1, 0.15) is 45.0 Å². The average molecular weight is 541 g/mol. The van der Waals surface area contributed by atoms with Crippen molar-refractivity contribution in [3.8, 4) is 11.5 Å². The van der Waals surface area contributed by atoms with Gasteiger partial charge >= 0.3 is 11.9 Å². The number of esters is 1. The number of aliphatic hydroxyl groups excluding tert-OH is 1. The van der Waals surface area contributed by atoms with Crippen LogP contribution in [0.25, 0.3) is 5.76 Å².